The summed E-state index contributed by atoms with van der Waals surface area (Å²) in [4.78, 5) is 33.6. The second-order valence-electron chi connectivity index (χ2n) is 3.86. The minimum absolute atomic E-state index is 0.0159. The third kappa shape index (κ3) is 5.31. The van der Waals surface area contributed by atoms with Gasteiger partial charge in [-0.25, -0.2) is 0 Å². The molecule has 2 amide bonds. The molecular formula is C13H16N2O4S. The van der Waals surface area contributed by atoms with Crippen LogP contribution >= 0.6 is 11.8 Å². The fraction of sp³-hybridized carbons (Fsp3) is 0.308. The number of carboxylic acids is 1. The molecule has 1 aromatic carbocycles. The molecule has 0 aromatic heterocycles. The molecule has 0 unspecified atom stereocenters. The van der Waals surface area contributed by atoms with Crippen molar-refractivity contribution in [1.29, 1.82) is 0 Å². The molecule has 1 rings (SSSR count). The summed E-state index contributed by atoms with van der Waals surface area (Å²) in [6, 6.07) is 6.39. The molecule has 1 aromatic rings. The van der Waals surface area contributed by atoms with Crippen molar-refractivity contribution >= 4 is 29.5 Å². The number of aliphatic carboxylic acids is 1. The molecule has 6 nitrogen and oxygen atoms in total. The zero-order valence-electron chi connectivity index (χ0n) is 11.0. The van der Waals surface area contributed by atoms with Crippen LogP contribution < -0.4 is 10.6 Å². The Morgan fingerprint density at radius 1 is 1.20 bits per heavy atom. The van der Waals surface area contributed by atoms with E-state index in [9.17, 15) is 14.4 Å². The van der Waals surface area contributed by atoms with E-state index in [2.05, 4.69) is 10.6 Å². The van der Waals surface area contributed by atoms with Crippen LogP contribution in [0.1, 0.15) is 20.7 Å². The lowest BCUT2D eigenvalue weighted by atomic mass is 10.1. The van der Waals surface area contributed by atoms with Gasteiger partial charge in [0.25, 0.3) is 11.8 Å². The molecule has 0 atom stereocenters. The summed E-state index contributed by atoms with van der Waals surface area (Å²) in [5.41, 5.74) is 0.815. The van der Waals surface area contributed by atoms with Crippen LogP contribution in [0.15, 0.2) is 24.3 Å². The first kappa shape index (κ1) is 16.0. The molecule has 0 aliphatic rings. The van der Waals surface area contributed by atoms with Crippen LogP contribution in [-0.2, 0) is 4.79 Å². The average Bonchev–Trinajstić information content (AvgIpc) is 2.45. The number of rotatable bonds is 7. The number of carbonyl (C=O) groups excluding carboxylic acids is 2. The van der Waals surface area contributed by atoms with Gasteiger partial charge < -0.3 is 15.7 Å². The van der Waals surface area contributed by atoms with E-state index in [0.717, 1.165) is 0 Å². The van der Waals surface area contributed by atoms with Gasteiger partial charge in [-0.3, -0.25) is 14.4 Å². The summed E-state index contributed by atoms with van der Waals surface area (Å²) < 4.78 is 0. The van der Waals surface area contributed by atoms with E-state index >= 15 is 0 Å². The van der Waals surface area contributed by atoms with Gasteiger partial charge in [0.15, 0.2) is 0 Å². The maximum absolute atomic E-state index is 11.8. The number of thioether (sulfide) groups is 1. The van der Waals surface area contributed by atoms with Gasteiger partial charge in [0.1, 0.15) is 0 Å². The van der Waals surface area contributed by atoms with Crippen molar-refractivity contribution < 1.29 is 19.5 Å². The Bertz CT molecular complexity index is 505. The van der Waals surface area contributed by atoms with Gasteiger partial charge in [0, 0.05) is 30.5 Å². The van der Waals surface area contributed by atoms with Crippen LogP contribution in [0.25, 0.3) is 0 Å². The molecule has 0 saturated carbocycles. The Morgan fingerprint density at radius 3 is 2.45 bits per heavy atom. The lowest BCUT2D eigenvalue weighted by Crippen LogP contribution is -2.26. The molecule has 0 aliphatic heterocycles. The molecule has 0 aliphatic carbocycles. The number of hydrogen-bond donors (Lipinski definition) is 3. The highest BCUT2D eigenvalue weighted by molar-refractivity contribution is 7.99. The van der Waals surface area contributed by atoms with E-state index in [1.807, 2.05) is 0 Å². The molecule has 0 radical (unpaired) electrons. The topological polar surface area (TPSA) is 95.5 Å². The second kappa shape index (κ2) is 8.21. The third-order valence-electron chi connectivity index (χ3n) is 2.37. The lowest BCUT2D eigenvalue weighted by Gasteiger charge is -2.06. The van der Waals surface area contributed by atoms with Gasteiger partial charge in [-0.2, -0.15) is 0 Å². The quantitative estimate of drug-likeness (QED) is 0.640. The Labute approximate surface area is 120 Å². The van der Waals surface area contributed by atoms with Crippen LogP contribution in [0.5, 0.6) is 0 Å². The number of nitrogens with one attached hydrogen (secondary N) is 2. The summed E-state index contributed by atoms with van der Waals surface area (Å²) in [6.45, 7) is 0.376. The minimum Gasteiger partial charge on any atom is -0.481 e. The number of carbonyl (C=O) groups is 3. The van der Waals surface area contributed by atoms with Crippen LogP contribution in [0.3, 0.4) is 0 Å². The number of carboxylic acid groups (broad SMARTS) is 1. The Kier molecular flexibility index (Phi) is 6.58. The fourth-order valence-electron chi connectivity index (χ4n) is 1.44. The van der Waals surface area contributed by atoms with Gasteiger partial charge in [-0.15, -0.1) is 11.8 Å². The first-order chi connectivity index (χ1) is 9.54. The third-order valence-corrected chi connectivity index (χ3v) is 3.32. The molecule has 7 heteroatoms. The van der Waals surface area contributed by atoms with Crippen molar-refractivity contribution in [1.82, 2.24) is 10.6 Å². The second-order valence-corrected chi connectivity index (χ2v) is 4.97. The smallest absolute Gasteiger partial charge is 0.313 e. The van der Waals surface area contributed by atoms with Gasteiger partial charge >= 0.3 is 5.97 Å². The van der Waals surface area contributed by atoms with E-state index in [1.54, 1.807) is 18.2 Å². The van der Waals surface area contributed by atoms with Gasteiger partial charge in [-0.05, 0) is 18.2 Å². The summed E-state index contributed by atoms with van der Waals surface area (Å²) in [6.07, 6.45) is 0. The molecule has 0 fully saturated rings. The van der Waals surface area contributed by atoms with Crippen LogP contribution in [0.4, 0.5) is 0 Å². The van der Waals surface area contributed by atoms with Crippen LogP contribution in [-0.4, -0.2) is 48.0 Å². The lowest BCUT2D eigenvalue weighted by molar-refractivity contribution is -0.133. The van der Waals surface area contributed by atoms with Crippen molar-refractivity contribution in [2.24, 2.45) is 0 Å². The number of amides is 2. The molecule has 3 N–H and O–H groups in total. The van der Waals surface area contributed by atoms with Crippen molar-refractivity contribution in [2.45, 2.75) is 0 Å². The molecule has 0 spiro atoms. The van der Waals surface area contributed by atoms with E-state index in [4.69, 9.17) is 5.11 Å². The zero-order valence-corrected chi connectivity index (χ0v) is 11.8. The predicted octanol–water partition coefficient (Wildman–Crippen LogP) is 0.594. The number of hydrogen-bond acceptors (Lipinski definition) is 4. The first-order valence-electron chi connectivity index (χ1n) is 5.94. The van der Waals surface area contributed by atoms with Crippen LogP contribution in [0.2, 0.25) is 0 Å². The van der Waals surface area contributed by atoms with E-state index in [-0.39, 0.29) is 17.6 Å². The monoisotopic (exact) mass is 296 g/mol. The van der Waals surface area contributed by atoms with Crippen molar-refractivity contribution in [3.05, 3.63) is 35.4 Å². The molecular weight excluding hydrogens is 280 g/mol. The zero-order chi connectivity index (χ0) is 15.0. The Balaban J connectivity index is 2.47. The van der Waals surface area contributed by atoms with Crippen molar-refractivity contribution in [3.63, 3.8) is 0 Å². The van der Waals surface area contributed by atoms with Crippen molar-refractivity contribution in [3.8, 4) is 0 Å². The predicted molar refractivity (Wildman–Crippen MR) is 77.1 cm³/mol. The molecule has 108 valence electrons. The molecule has 0 heterocycles. The summed E-state index contributed by atoms with van der Waals surface area (Å²) in [5, 5.41) is 13.6. The Hall–Kier alpha value is -2.02. The molecule has 20 heavy (non-hydrogen) atoms. The average molecular weight is 296 g/mol. The van der Waals surface area contributed by atoms with E-state index in [1.165, 1.54) is 24.9 Å². The molecule has 0 bridgehead atoms. The van der Waals surface area contributed by atoms with Crippen molar-refractivity contribution in [2.75, 3.05) is 25.1 Å². The largest absolute Gasteiger partial charge is 0.481 e. The highest BCUT2D eigenvalue weighted by Crippen LogP contribution is 2.05. The SMILES string of the molecule is CNC(=O)c1cccc(C(=O)NCCSCC(=O)O)c1. The minimum atomic E-state index is -0.875. The first-order valence-corrected chi connectivity index (χ1v) is 7.10. The van der Waals surface area contributed by atoms with E-state index in [0.29, 0.717) is 23.4 Å². The standard InChI is InChI=1S/C13H16N2O4S/c1-14-12(18)9-3-2-4-10(7-9)13(19)15-5-6-20-8-11(16)17/h2-4,7H,5-6,8H2,1H3,(H,14,18)(H,15,19)(H,16,17). The summed E-state index contributed by atoms with van der Waals surface area (Å²) >= 11 is 1.23. The maximum atomic E-state index is 11.8. The van der Waals surface area contributed by atoms with E-state index < -0.39 is 5.97 Å². The molecule has 0 saturated heterocycles. The highest BCUT2D eigenvalue weighted by atomic mass is 32.2. The summed E-state index contributed by atoms with van der Waals surface area (Å²) in [5.74, 6) is -0.877. The fourth-order valence-corrected chi connectivity index (χ4v) is 2.01. The van der Waals surface area contributed by atoms with Crippen LogP contribution in [0, 0.1) is 0 Å². The normalized spacial score (nSPS) is 9.85. The number of benzene rings is 1. The van der Waals surface area contributed by atoms with Gasteiger partial charge in [0.2, 0.25) is 0 Å². The summed E-state index contributed by atoms with van der Waals surface area (Å²) in [7, 11) is 1.52. The maximum Gasteiger partial charge on any atom is 0.313 e. The Morgan fingerprint density at radius 2 is 1.85 bits per heavy atom. The highest BCUT2D eigenvalue weighted by Gasteiger charge is 2.09. The van der Waals surface area contributed by atoms with Gasteiger partial charge in [0.05, 0.1) is 5.75 Å². The van der Waals surface area contributed by atoms with Gasteiger partial charge in [-0.1, -0.05) is 6.07 Å².